The normalized spacial score (nSPS) is 17.2. The lowest BCUT2D eigenvalue weighted by Gasteiger charge is -2.20. The quantitative estimate of drug-likeness (QED) is 0.620. The Balaban J connectivity index is 1.61. The van der Waals surface area contributed by atoms with Crippen molar-refractivity contribution in [3.63, 3.8) is 0 Å². The lowest BCUT2D eigenvalue weighted by molar-refractivity contribution is -0.150. The highest BCUT2D eigenvalue weighted by Gasteiger charge is 2.36. The van der Waals surface area contributed by atoms with Crippen LogP contribution in [0.15, 0.2) is 29.1 Å². The van der Waals surface area contributed by atoms with Gasteiger partial charge in [-0.15, -0.1) is 10.2 Å². The lowest BCUT2D eigenvalue weighted by Crippen LogP contribution is -2.33. The standard InChI is InChI=1S/C19H21N5O4/c1-11(2)23-9-12(8-16(23)25)18(27)28-10-15-20-21-19-22(3)17(26)13-6-4-5-7-14(13)24(15)19/h4-7,11-12H,8-10H2,1-3H3. The van der Waals surface area contributed by atoms with Gasteiger partial charge in [0.15, 0.2) is 12.4 Å². The molecule has 4 rings (SSSR count). The van der Waals surface area contributed by atoms with E-state index in [-0.39, 0.29) is 30.5 Å². The summed E-state index contributed by atoms with van der Waals surface area (Å²) in [5.74, 6) is -0.152. The molecule has 1 atom stereocenters. The van der Waals surface area contributed by atoms with Crippen molar-refractivity contribution in [3.8, 4) is 0 Å². The van der Waals surface area contributed by atoms with Crippen LogP contribution in [-0.2, 0) is 28.0 Å². The average molecular weight is 383 g/mol. The Morgan fingerprint density at radius 2 is 2.00 bits per heavy atom. The van der Waals surface area contributed by atoms with Crippen LogP contribution in [0.2, 0.25) is 0 Å². The van der Waals surface area contributed by atoms with Gasteiger partial charge in [0.1, 0.15) is 0 Å². The molecule has 3 aromatic rings. The number of hydrogen-bond donors (Lipinski definition) is 0. The number of aromatic nitrogens is 4. The first-order valence-corrected chi connectivity index (χ1v) is 9.16. The number of likely N-dealkylation sites (tertiary alicyclic amines) is 1. The van der Waals surface area contributed by atoms with Crippen LogP contribution in [0.4, 0.5) is 0 Å². The van der Waals surface area contributed by atoms with Crippen LogP contribution in [0.25, 0.3) is 16.7 Å². The number of benzene rings is 1. The minimum absolute atomic E-state index is 0.0362. The minimum atomic E-state index is -0.477. The van der Waals surface area contributed by atoms with Gasteiger partial charge >= 0.3 is 5.97 Å². The third-order valence-electron chi connectivity index (χ3n) is 5.15. The fourth-order valence-corrected chi connectivity index (χ4v) is 3.63. The molecule has 1 amide bonds. The Hall–Kier alpha value is -3.23. The summed E-state index contributed by atoms with van der Waals surface area (Å²) in [5.41, 5.74) is 0.482. The van der Waals surface area contributed by atoms with Crippen molar-refractivity contribution >= 4 is 28.6 Å². The molecule has 1 aliphatic rings. The van der Waals surface area contributed by atoms with E-state index in [9.17, 15) is 14.4 Å². The molecule has 0 spiro atoms. The van der Waals surface area contributed by atoms with Crippen molar-refractivity contribution < 1.29 is 14.3 Å². The molecule has 0 N–H and O–H groups in total. The van der Waals surface area contributed by atoms with E-state index in [0.717, 1.165) is 0 Å². The topological polar surface area (TPSA) is 98.8 Å². The van der Waals surface area contributed by atoms with Gasteiger partial charge in [0.2, 0.25) is 11.7 Å². The predicted octanol–water partition coefficient (Wildman–Crippen LogP) is 0.881. The van der Waals surface area contributed by atoms with Crippen LogP contribution in [0.1, 0.15) is 26.1 Å². The Labute approximate surface area is 160 Å². The summed E-state index contributed by atoms with van der Waals surface area (Å²) < 4.78 is 8.57. The maximum absolute atomic E-state index is 12.5. The zero-order valence-electron chi connectivity index (χ0n) is 16.0. The van der Waals surface area contributed by atoms with Gasteiger partial charge in [-0.1, -0.05) is 12.1 Å². The molecule has 0 saturated carbocycles. The van der Waals surface area contributed by atoms with Crippen LogP contribution >= 0.6 is 0 Å². The first-order chi connectivity index (χ1) is 13.4. The Kier molecular flexibility index (Phi) is 4.37. The van der Waals surface area contributed by atoms with Gasteiger partial charge in [-0.3, -0.25) is 23.4 Å². The van der Waals surface area contributed by atoms with Crippen LogP contribution in [0, 0.1) is 5.92 Å². The molecular weight excluding hydrogens is 362 g/mol. The summed E-state index contributed by atoms with van der Waals surface area (Å²) in [7, 11) is 1.62. The van der Waals surface area contributed by atoms with Crippen molar-refractivity contribution in [3.05, 3.63) is 40.4 Å². The summed E-state index contributed by atoms with van der Waals surface area (Å²) in [6, 6.07) is 7.20. The molecule has 3 heterocycles. The zero-order valence-corrected chi connectivity index (χ0v) is 16.0. The van der Waals surface area contributed by atoms with Gasteiger partial charge in [-0.2, -0.15) is 0 Å². The van der Waals surface area contributed by atoms with Crippen molar-refractivity contribution in [2.45, 2.75) is 32.9 Å². The van der Waals surface area contributed by atoms with Crippen molar-refractivity contribution in [1.29, 1.82) is 0 Å². The molecule has 0 bridgehead atoms. The maximum atomic E-state index is 12.5. The van der Waals surface area contributed by atoms with Crippen molar-refractivity contribution in [1.82, 2.24) is 24.1 Å². The summed E-state index contributed by atoms with van der Waals surface area (Å²) in [6.07, 6.45) is 0.162. The van der Waals surface area contributed by atoms with E-state index in [1.165, 1.54) is 4.57 Å². The Morgan fingerprint density at radius 1 is 1.25 bits per heavy atom. The largest absolute Gasteiger partial charge is 0.457 e. The van der Waals surface area contributed by atoms with E-state index in [0.29, 0.717) is 29.0 Å². The van der Waals surface area contributed by atoms with Crippen LogP contribution in [0.5, 0.6) is 0 Å². The third kappa shape index (κ3) is 2.83. The minimum Gasteiger partial charge on any atom is -0.457 e. The molecular formula is C19H21N5O4. The number of fused-ring (bicyclic) bond motifs is 3. The molecule has 0 radical (unpaired) electrons. The smallest absolute Gasteiger partial charge is 0.311 e. The molecule has 1 unspecified atom stereocenters. The molecule has 0 aliphatic carbocycles. The van der Waals surface area contributed by atoms with Crippen LogP contribution in [0.3, 0.4) is 0 Å². The fraction of sp³-hybridized carbons (Fsp3) is 0.421. The number of hydrogen-bond acceptors (Lipinski definition) is 6. The van der Waals surface area contributed by atoms with E-state index >= 15 is 0 Å². The van der Waals surface area contributed by atoms with E-state index in [4.69, 9.17) is 4.74 Å². The predicted molar refractivity (Wildman–Crippen MR) is 100 cm³/mol. The number of para-hydroxylation sites is 1. The third-order valence-corrected chi connectivity index (χ3v) is 5.15. The SMILES string of the molecule is CC(C)N1CC(C(=O)OCc2nnc3n(C)c(=O)c4ccccc4n23)CC1=O. The molecule has 1 aliphatic heterocycles. The zero-order chi connectivity index (χ0) is 20.0. The second kappa shape index (κ2) is 6.74. The van der Waals surface area contributed by atoms with Gasteiger partial charge in [0, 0.05) is 26.1 Å². The maximum Gasteiger partial charge on any atom is 0.311 e. The van der Waals surface area contributed by atoms with E-state index in [2.05, 4.69) is 10.2 Å². The molecule has 9 heteroatoms. The fourth-order valence-electron chi connectivity index (χ4n) is 3.63. The number of carbonyl (C=O) groups is 2. The Morgan fingerprint density at radius 3 is 2.71 bits per heavy atom. The summed E-state index contributed by atoms with van der Waals surface area (Å²) in [6.45, 7) is 4.12. The highest BCUT2D eigenvalue weighted by Crippen LogP contribution is 2.22. The lowest BCUT2D eigenvalue weighted by atomic mass is 10.1. The number of ether oxygens (including phenoxy) is 1. The van der Waals surface area contributed by atoms with E-state index in [1.54, 1.807) is 34.5 Å². The summed E-state index contributed by atoms with van der Waals surface area (Å²) in [5, 5.41) is 8.70. The second-order valence-electron chi connectivity index (χ2n) is 7.28. The second-order valence-corrected chi connectivity index (χ2v) is 7.28. The van der Waals surface area contributed by atoms with Gasteiger partial charge in [0.05, 0.1) is 16.8 Å². The highest BCUT2D eigenvalue weighted by atomic mass is 16.5. The highest BCUT2D eigenvalue weighted by molar-refractivity contribution is 5.87. The number of nitrogens with zero attached hydrogens (tertiary/aromatic N) is 5. The molecule has 1 aromatic carbocycles. The monoisotopic (exact) mass is 383 g/mol. The van der Waals surface area contributed by atoms with Gasteiger partial charge < -0.3 is 9.64 Å². The van der Waals surface area contributed by atoms with E-state index < -0.39 is 11.9 Å². The summed E-state index contributed by atoms with van der Waals surface area (Å²) >= 11 is 0. The molecule has 1 fully saturated rings. The van der Waals surface area contributed by atoms with Crippen LogP contribution in [-0.4, -0.2) is 48.5 Å². The number of esters is 1. The van der Waals surface area contributed by atoms with Crippen molar-refractivity contribution in [2.24, 2.45) is 13.0 Å². The first-order valence-electron chi connectivity index (χ1n) is 9.16. The van der Waals surface area contributed by atoms with Gasteiger partial charge in [-0.25, -0.2) is 0 Å². The number of amides is 1. The number of rotatable bonds is 4. The number of aryl methyl sites for hydroxylation is 1. The molecule has 28 heavy (non-hydrogen) atoms. The van der Waals surface area contributed by atoms with E-state index in [1.807, 2.05) is 19.9 Å². The average Bonchev–Trinajstić information content (AvgIpc) is 3.28. The molecule has 146 valence electrons. The summed E-state index contributed by atoms with van der Waals surface area (Å²) in [4.78, 5) is 38.6. The van der Waals surface area contributed by atoms with Crippen molar-refractivity contribution in [2.75, 3.05) is 6.54 Å². The first kappa shape index (κ1) is 18.1. The number of carbonyl (C=O) groups excluding carboxylic acids is 2. The Bertz CT molecular complexity index is 1150. The molecule has 1 saturated heterocycles. The van der Waals surface area contributed by atoms with Crippen LogP contribution < -0.4 is 5.56 Å². The molecule has 2 aromatic heterocycles. The van der Waals surface area contributed by atoms with Gasteiger partial charge in [0.25, 0.3) is 5.56 Å². The molecule has 9 nitrogen and oxygen atoms in total. The van der Waals surface area contributed by atoms with Gasteiger partial charge in [-0.05, 0) is 26.0 Å².